The van der Waals surface area contributed by atoms with Crippen molar-refractivity contribution < 1.29 is 19.2 Å². The van der Waals surface area contributed by atoms with Gasteiger partial charge in [-0.05, 0) is 24.3 Å². The molecule has 4 atom stereocenters. The van der Waals surface area contributed by atoms with E-state index in [0.717, 1.165) is 9.80 Å². The molecule has 2 aromatic rings. The van der Waals surface area contributed by atoms with E-state index in [4.69, 9.17) is 23.2 Å². The van der Waals surface area contributed by atoms with Crippen LogP contribution in [0.15, 0.2) is 60.7 Å². The maximum atomic E-state index is 13.5. The maximum absolute atomic E-state index is 13.5. The molecule has 160 valence electrons. The van der Waals surface area contributed by atoms with E-state index >= 15 is 0 Å². The van der Waals surface area contributed by atoms with Crippen LogP contribution in [0.3, 0.4) is 0 Å². The largest absolute Gasteiger partial charge is 0.274 e. The van der Waals surface area contributed by atoms with Crippen LogP contribution < -0.4 is 9.80 Å². The highest BCUT2D eigenvalue weighted by molar-refractivity contribution is 6.37. The molecule has 3 aliphatic carbocycles. The first-order chi connectivity index (χ1) is 15.4. The van der Waals surface area contributed by atoms with E-state index in [1.165, 1.54) is 0 Å². The number of imide groups is 2. The van der Waals surface area contributed by atoms with E-state index in [9.17, 15) is 19.2 Å². The Labute approximate surface area is 193 Å². The molecule has 2 aliphatic heterocycles. The molecule has 3 fully saturated rings. The number of hydrogen-bond acceptors (Lipinski definition) is 4. The minimum Gasteiger partial charge on any atom is -0.274 e. The van der Waals surface area contributed by atoms with Crippen molar-refractivity contribution in [2.45, 2.75) is 0 Å². The van der Waals surface area contributed by atoms with Crippen molar-refractivity contribution >= 4 is 58.2 Å². The Kier molecular flexibility index (Phi) is 4.17. The van der Waals surface area contributed by atoms with Crippen molar-refractivity contribution in [3.05, 3.63) is 70.7 Å². The van der Waals surface area contributed by atoms with Crippen LogP contribution in [0.25, 0.3) is 0 Å². The van der Waals surface area contributed by atoms with Crippen LogP contribution in [-0.2, 0) is 19.2 Å². The van der Waals surface area contributed by atoms with E-state index in [1.807, 2.05) is 12.2 Å². The van der Waals surface area contributed by atoms with Gasteiger partial charge in [0.15, 0.2) is 0 Å². The normalized spacial score (nSPS) is 32.7. The van der Waals surface area contributed by atoms with Gasteiger partial charge in [0.05, 0.1) is 45.1 Å². The molecule has 0 unspecified atom stereocenters. The molecule has 8 heteroatoms. The van der Waals surface area contributed by atoms with E-state index in [1.54, 1.807) is 48.5 Å². The van der Waals surface area contributed by atoms with E-state index in [0.29, 0.717) is 21.4 Å². The summed E-state index contributed by atoms with van der Waals surface area (Å²) in [7, 11) is 0. The lowest BCUT2D eigenvalue weighted by atomic mass is 9.54. The average molecular weight is 467 g/mol. The maximum Gasteiger partial charge on any atom is 0.238 e. The number of hydrogen-bond donors (Lipinski definition) is 0. The summed E-state index contributed by atoms with van der Waals surface area (Å²) in [6.07, 6.45) is 3.66. The number of amides is 4. The minimum absolute atomic E-state index is 0.297. The van der Waals surface area contributed by atoms with E-state index in [2.05, 4.69) is 0 Å². The van der Waals surface area contributed by atoms with Crippen LogP contribution in [0.4, 0.5) is 11.4 Å². The summed E-state index contributed by atoms with van der Waals surface area (Å²) in [6.45, 7) is 0. The molecule has 7 rings (SSSR count). The number of anilines is 2. The fourth-order valence-electron chi connectivity index (χ4n) is 5.97. The van der Waals surface area contributed by atoms with Gasteiger partial charge < -0.3 is 0 Å². The lowest BCUT2D eigenvalue weighted by Gasteiger charge is -2.44. The van der Waals surface area contributed by atoms with Crippen LogP contribution in [0.1, 0.15) is 0 Å². The lowest BCUT2D eigenvalue weighted by molar-refractivity contribution is -0.137. The standard InChI is InChI=1S/C24H16Cl2N2O4/c25-13-5-1-3-7-15(13)27-21(29)17-11-9-10-12(18(17)22(27)30)20-19(11)23(31)28(24(20)32)16-8-4-2-6-14(16)26/h1-12,17-20H/t11?,12?,17-,18+,19-,20+. The summed E-state index contributed by atoms with van der Waals surface area (Å²) in [5.41, 5.74) is 0.664. The van der Waals surface area contributed by atoms with Crippen molar-refractivity contribution in [2.75, 3.05) is 9.80 Å². The molecule has 0 radical (unpaired) electrons. The van der Waals surface area contributed by atoms with Crippen molar-refractivity contribution in [3.8, 4) is 0 Å². The molecule has 0 spiro atoms. The predicted octanol–water partition coefficient (Wildman–Crippen LogP) is 3.72. The predicted molar refractivity (Wildman–Crippen MR) is 118 cm³/mol. The summed E-state index contributed by atoms with van der Waals surface area (Å²) < 4.78 is 0. The van der Waals surface area contributed by atoms with Gasteiger partial charge in [0.2, 0.25) is 23.6 Å². The first kappa shape index (κ1) is 19.7. The van der Waals surface area contributed by atoms with Gasteiger partial charge in [-0.2, -0.15) is 0 Å². The number of para-hydroxylation sites is 2. The van der Waals surface area contributed by atoms with Crippen molar-refractivity contribution in [1.82, 2.24) is 0 Å². The smallest absolute Gasteiger partial charge is 0.238 e. The van der Waals surface area contributed by atoms with Gasteiger partial charge in [0.25, 0.3) is 0 Å². The summed E-state index contributed by atoms with van der Waals surface area (Å²) in [6, 6.07) is 13.4. The minimum atomic E-state index is -0.696. The summed E-state index contributed by atoms with van der Waals surface area (Å²) in [4.78, 5) is 56.1. The molecule has 6 nitrogen and oxygen atoms in total. The number of allylic oxidation sites excluding steroid dienone is 2. The summed E-state index contributed by atoms with van der Waals surface area (Å²) in [5.74, 6) is -5.35. The van der Waals surface area contributed by atoms with Crippen LogP contribution in [0.5, 0.6) is 0 Å². The fourth-order valence-corrected chi connectivity index (χ4v) is 6.41. The third kappa shape index (κ3) is 2.37. The first-order valence-electron chi connectivity index (χ1n) is 10.3. The lowest BCUT2D eigenvalue weighted by Crippen LogP contribution is -2.50. The van der Waals surface area contributed by atoms with E-state index < -0.39 is 35.5 Å². The fraction of sp³-hybridized carbons (Fsp3) is 0.250. The van der Waals surface area contributed by atoms with Gasteiger partial charge in [0.1, 0.15) is 0 Å². The van der Waals surface area contributed by atoms with Crippen LogP contribution in [-0.4, -0.2) is 23.6 Å². The quantitative estimate of drug-likeness (QED) is 0.499. The van der Waals surface area contributed by atoms with Crippen molar-refractivity contribution in [1.29, 1.82) is 0 Å². The number of rotatable bonds is 2. The highest BCUT2D eigenvalue weighted by atomic mass is 35.5. The highest BCUT2D eigenvalue weighted by Gasteiger charge is 2.69. The molecule has 2 saturated heterocycles. The molecule has 0 aromatic heterocycles. The number of carbonyl (C=O) groups is 4. The monoisotopic (exact) mass is 466 g/mol. The Hall–Kier alpha value is -2.96. The molecule has 2 bridgehead atoms. The number of nitrogens with zero attached hydrogens (tertiary/aromatic N) is 2. The van der Waals surface area contributed by atoms with Crippen LogP contribution >= 0.6 is 23.2 Å². The third-order valence-corrected chi connectivity index (χ3v) is 7.84. The zero-order chi connectivity index (χ0) is 22.3. The van der Waals surface area contributed by atoms with Crippen LogP contribution in [0, 0.1) is 35.5 Å². The Morgan fingerprint density at radius 3 is 1.16 bits per heavy atom. The molecule has 4 amide bonds. The number of carbonyl (C=O) groups excluding carboxylic acids is 4. The van der Waals surface area contributed by atoms with Gasteiger partial charge >= 0.3 is 0 Å². The van der Waals surface area contributed by atoms with Gasteiger partial charge in [-0.3, -0.25) is 19.2 Å². The number of benzene rings is 2. The summed E-state index contributed by atoms with van der Waals surface area (Å²) in [5, 5.41) is 0.593. The second-order valence-corrected chi connectivity index (χ2v) is 9.38. The van der Waals surface area contributed by atoms with Crippen molar-refractivity contribution in [2.24, 2.45) is 35.5 Å². The highest BCUT2D eigenvalue weighted by Crippen LogP contribution is 2.59. The molecule has 5 aliphatic rings. The summed E-state index contributed by atoms with van der Waals surface area (Å²) >= 11 is 12.6. The molecule has 32 heavy (non-hydrogen) atoms. The SMILES string of the molecule is O=C1[C@@H]2C3C=CC([C@@H]2C(=O)N1c1ccccc1Cl)[C@@H]1C(=O)N(c2ccccc2Cl)C(=O)[C@H]31. The van der Waals surface area contributed by atoms with Crippen molar-refractivity contribution in [3.63, 3.8) is 0 Å². The Balaban J connectivity index is 1.43. The van der Waals surface area contributed by atoms with Crippen LogP contribution in [0.2, 0.25) is 10.0 Å². The molecular weight excluding hydrogens is 451 g/mol. The van der Waals surface area contributed by atoms with Gasteiger partial charge in [-0.1, -0.05) is 59.6 Å². The Morgan fingerprint density at radius 1 is 0.531 bits per heavy atom. The molecule has 2 aromatic carbocycles. The molecular formula is C24H16Cl2N2O4. The molecule has 1 saturated carbocycles. The zero-order valence-corrected chi connectivity index (χ0v) is 18.0. The van der Waals surface area contributed by atoms with Gasteiger partial charge in [0, 0.05) is 11.8 Å². The Morgan fingerprint density at radius 2 is 0.844 bits per heavy atom. The molecule has 2 heterocycles. The van der Waals surface area contributed by atoms with Gasteiger partial charge in [-0.15, -0.1) is 0 Å². The third-order valence-electron chi connectivity index (χ3n) is 7.20. The zero-order valence-electron chi connectivity index (χ0n) is 16.5. The first-order valence-corrected chi connectivity index (χ1v) is 11.1. The average Bonchev–Trinajstić information content (AvgIpc) is 3.22. The second kappa shape index (κ2) is 6.77. The second-order valence-electron chi connectivity index (χ2n) is 8.57. The Bertz CT molecular complexity index is 1120. The topological polar surface area (TPSA) is 74.8 Å². The number of halogens is 2. The van der Waals surface area contributed by atoms with Gasteiger partial charge in [-0.25, -0.2) is 9.80 Å². The molecule has 0 N–H and O–H groups in total. The van der Waals surface area contributed by atoms with E-state index in [-0.39, 0.29) is 23.6 Å².